The predicted molar refractivity (Wildman–Crippen MR) is 159 cm³/mol. The highest BCUT2D eigenvalue weighted by Gasteiger charge is 2.15. The number of para-hydroxylation sites is 2. The van der Waals surface area contributed by atoms with Crippen molar-refractivity contribution < 1.29 is 0 Å². The van der Waals surface area contributed by atoms with Crippen LogP contribution in [0.1, 0.15) is 11.1 Å². The first-order valence-electron chi connectivity index (χ1n) is 12.4. The molecule has 2 aliphatic heterocycles. The molecule has 0 aliphatic carbocycles. The van der Waals surface area contributed by atoms with Gasteiger partial charge in [-0.1, -0.05) is 36.4 Å². The standard InChI is InChI=1S/C27H35N3S4/c1-3-22-19-23-4-2-6-25-21-30-9-13-33-17-15-31-11-7-29(8-12-32-16-18-34-14-10-30)20-24(5-1)26(22)28-27(23)25/h1-6,19H,7-18,20-21H2. The molecule has 0 unspecified atom stereocenters. The summed E-state index contributed by atoms with van der Waals surface area (Å²) in [6.07, 6.45) is 0. The summed E-state index contributed by atoms with van der Waals surface area (Å²) in [5, 5.41) is 2.54. The summed E-state index contributed by atoms with van der Waals surface area (Å²) in [6, 6.07) is 15.9. The van der Waals surface area contributed by atoms with Crippen LogP contribution in [0.2, 0.25) is 0 Å². The first-order valence-corrected chi connectivity index (χ1v) is 17.0. The Labute approximate surface area is 221 Å². The molecule has 0 atom stereocenters. The molecule has 3 aromatic rings. The van der Waals surface area contributed by atoms with Crippen LogP contribution in [-0.2, 0) is 13.1 Å². The highest BCUT2D eigenvalue weighted by molar-refractivity contribution is 8.03. The molecular weight excluding hydrogens is 495 g/mol. The smallest absolute Gasteiger partial charge is 0.0754 e. The van der Waals surface area contributed by atoms with Gasteiger partial charge in [0, 0.05) is 96.1 Å². The van der Waals surface area contributed by atoms with Gasteiger partial charge < -0.3 is 0 Å². The molecule has 2 aromatic carbocycles. The number of hydrogen-bond acceptors (Lipinski definition) is 7. The number of rotatable bonds is 0. The van der Waals surface area contributed by atoms with E-state index in [2.05, 4.69) is 99.3 Å². The van der Waals surface area contributed by atoms with Crippen LogP contribution in [0.15, 0.2) is 42.5 Å². The third kappa shape index (κ3) is 6.80. The number of nitrogens with zero attached hydrogens (tertiary/aromatic N) is 3. The molecule has 4 bridgehead atoms. The Morgan fingerprint density at radius 1 is 0.529 bits per heavy atom. The lowest BCUT2D eigenvalue weighted by atomic mass is 10.0. The summed E-state index contributed by atoms with van der Waals surface area (Å²) < 4.78 is 0. The van der Waals surface area contributed by atoms with E-state index in [4.69, 9.17) is 4.98 Å². The molecule has 2 aliphatic rings. The van der Waals surface area contributed by atoms with Crippen LogP contribution in [0.25, 0.3) is 21.8 Å². The first-order chi connectivity index (χ1) is 16.9. The van der Waals surface area contributed by atoms with Crippen molar-refractivity contribution >= 4 is 68.9 Å². The quantitative estimate of drug-likeness (QED) is 0.331. The minimum Gasteiger partial charge on any atom is -0.297 e. The van der Waals surface area contributed by atoms with Gasteiger partial charge in [0.2, 0.25) is 0 Å². The van der Waals surface area contributed by atoms with Gasteiger partial charge in [0.05, 0.1) is 11.0 Å². The second-order valence-electron chi connectivity index (χ2n) is 8.97. The molecule has 0 fully saturated rings. The van der Waals surface area contributed by atoms with Crippen molar-refractivity contribution in [2.75, 3.05) is 72.2 Å². The van der Waals surface area contributed by atoms with Crippen LogP contribution in [0.4, 0.5) is 0 Å². The number of aromatic nitrogens is 1. The Bertz CT molecular complexity index is 975. The zero-order chi connectivity index (χ0) is 23.0. The van der Waals surface area contributed by atoms with Crippen molar-refractivity contribution in [3.63, 3.8) is 0 Å². The summed E-state index contributed by atoms with van der Waals surface area (Å²) in [7, 11) is 0. The average Bonchev–Trinajstić information content (AvgIpc) is 2.85. The van der Waals surface area contributed by atoms with Gasteiger partial charge in [-0.2, -0.15) is 47.0 Å². The zero-order valence-corrected chi connectivity index (χ0v) is 23.2. The third-order valence-electron chi connectivity index (χ3n) is 6.58. The highest BCUT2D eigenvalue weighted by atomic mass is 32.2. The molecule has 7 heteroatoms. The van der Waals surface area contributed by atoms with Crippen LogP contribution in [0, 0.1) is 0 Å². The van der Waals surface area contributed by atoms with Gasteiger partial charge in [-0.3, -0.25) is 9.80 Å². The molecule has 0 radical (unpaired) electrons. The molecule has 3 nitrogen and oxygen atoms in total. The Balaban J connectivity index is 1.57. The Morgan fingerprint density at radius 3 is 1.35 bits per heavy atom. The summed E-state index contributed by atoms with van der Waals surface area (Å²) in [5.74, 6) is 9.94. The second-order valence-corrected chi connectivity index (χ2v) is 13.9. The Morgan fingerprint density at radius 2 is 0.941 bits per heavy atom. The van der Waals surface area contributed by atoms with Crippen LogP contribution < -0.4 is 0 Å². The summed E-state index contributed by atoms with van der Waals surface area (Å²) >= 11 is 8.51. The minimum absolute atomic E-state index is 0.995. The van der Waals surface area contributed by atoms with Gasteiger partial charge in [0.1, 0.15) is 0 Å². The van der Waals surface area contributed by atoms with E-state index in [1.807, 2.05) is 0 Å². The molecular formula is C27H35N3S4. The van der Waals surface area contributed by atoms with E-state index in [-0.39, 0.29) is 0 Å². The lowest BCUT2D eigenvalue weighted by Gasteiger charge is -2.23. The van der Waals surface area contributed by atoms with Crippen LogP contribution in [0.5, 0.6) is 0 Å². The van der Waals surface area contributed by atoms with Crippen molar-refractivity contribution in [1.29, 1.82) is 0 Å². The Hall–Kier alpha value is -0.570. The number of fused-ring (bicyclic) bond motifs is 2. The van der Waals surface area contributed by atoms with Gasteiger partial charge in [-0.15, -0.1) is 0 Å². The lowest BCUT2D eigenvalue weighted by Crippen LogP contribution is -2.29. The van der Waals surface area contributed by atoms with Crippen molar-refractivity contribution in [1.82, 2.24) is 14.8 Å². The van der Waals surface area contributed by atoms with E-state index < -0.39 is 0 Å². The molecule has 0 amide bonds. The maximum Gasteiger partial charge on any atom is 0.0754 e. The topological polar surface area (TPSA) is 19.4 Å². The second kappa shape index (κ2) is 13.1. The summed E-state index contributed by atoms with van der Waals surface area (Å²) in [4.78, 5) is 10.7. The molecule has 3 heterocycles. The van der Waals surface area contributed by atoms with Crippen molar-refractivity contribution in [2.45, 2.75) is 13.1 Å². The first kappa shape index (κ1) is 25.1. The fraction of sp³-hybridized carbons (Fsp3) is 0.519. The van der Waals surface area contributed by atoms with E-state index in [0.717, 1.165) is 39.3 Å². The van der Waals surface area contributed by atoms with Crippen molar-refractivity contribution in [3.8, 4) is 0 Å². The van der Waals surface area contributed by atoms with Gasteiger partial charge in [0.15, 0.2) is 0 Å². The third-order valence-corrected chi connectivity index (χ3v) is 10.9. The minimum atomic E-state index is 0.995. The largest absolute Gasteiger partial charge is 0.297 e. The monoisotopic (exact) mass is 529 g/mol. The molecule has 1 aromatic heterocycles. The van der Waals surface area contributed by atoms with E-state index in [1.54, 1.807) is 0 Å². The van der Waals surface area contributed by atoms with E-state index in [9.17, 15) is 0 Å². The maximum atomic E-state index is 5.36. The van der Waals surface area contributed by atoms with Gasteiger partial charge in [-0.25, -0.2) is 4.98 Å². The molecule has 34 heavy (non-hydrogen) atoms. The molecule has 0 saturated carbocycles. The van der Waals surface area contributed by atoms with Crippen molar-refractivity contribution in [3.05, 3.63) is 53.6 Å². The molecule has 0 N–H and O–H groups in total. The molecule has 5 rings (SSSR count). The number of pyridine rings is 1. The zero-order valence-electron chi connectivity index (χ0n) is 19.9. The molecule has 0 saturated heterocycles. The van der Waals surface area contributed by atoms with Gasteiger partial charge >= 0.3 is 0 Å². The van der Waals surface area contributed by atoms with E-state index in [1.165, 1.54) is 79.0 Å². The van der Waals surface area contributed by atoms with Crippen LogP contribution in [0.3, 0.4) is 0 Å². The number of benzene rings is 2. The normalized spacial score (nSPS) is 24.1. The number of thioether (sulfide) groups is 4. The fourth-order valence-electron chi connectivity index (χ4n) is 4.70. The van der Waals surface area contributed by atoms with Gasteiger partial charge in [0.25, 0.3) is 0 Å². The van der Waals surface area contributed by atoms with Gasteiger partial charge in [-0.05, 0) is 17.2 Å². The summed E-state index contributed by atoms with van der Waals surface area (Å²) in [5.41, 5.74) is 5.14. The predicted octanol–water partition coefficient (Wildman–Crippen LogP) is 5.95. The Kier molecular flexibility index (Phi) is 9.68. The summed E-state index contributed by atoms with van der Waals surface area (Å²) in [6.45, 7) is 6.63. The van der Waals surface area contributed by atoms with Crippen LogP contribution in [-0.4, -0.2) is 87.0 Å². The number of hydrogen-bond donors (Lipinski definition) is 0. The maximum absolute atomic E-state index is 5.36. The fourth-order valence-corrected chi connectivity index (χ4v) is 8.95. The van der Waals surface area contributed by atoms with Crippen molar-refractivity contribution in [2.24, 2.45) is 0 Å². The van der Waals surface area contributed by atoms with E-state index >= 15 is 0 Å². The lowest BCUT2D eigenvalue weighted by molar-refractivity contribution is 0.302. The average molecular weight is 530 g/mol. The highest BCUT2D eigenvalue weighted by Crippen LogP contribution is 2.27. The van der Waals surface area contributed by atoms with Crippen LogP contribution >= 0.6 is 47.0 Å². The van der Waals surface area contributed by atoms with E-state index in [0.29, 0.717) is 0 Å². The SMILES string of the molecule is c1cc2c3nc4c(cccc4cc3c1)CN1CCSCCSCCN(CCSCCSCC1)C2. The molecule has 0 spiro atoms. The molecule has 182 valence electrons.